The van der Waals surface area contributed by atoms with Gasteiger partial charge in [-0.25, -0.2) is 4.98 Å². The van der Waals surface area contributed by atoms with Gasteiger partial charge in [0.2, 0.25) is 5.95 Å². The summed E-state index contributed by atoms with van der Waals surface area (Å²) in [5.74, 6) is -1.27. The molecule has 8 heteroatoms. The lowest BCUT2D eigenvalue weighted by Crippen LogP contribution is -2.09. The molecule has 1 aromatic carbocycles. The van der Waals surface area contributed by atoms with Crippen LogP contribution in [0.1, 0.15) is 5.69 Å². The number of nitrogens with zero attached hydrogens (tertiary/aromatic N) is 1. The van der Waals surface area contributed by atoms with Crippen molar-refractivity contribution in [3.05, 3.63) is 51.0 Å². The minimum absolute atomic E-state index is 0.0634. The Bertz CT molecular complexity index is 647. The first-order valence-electron chi connectivity index (χ1n) is 5.09. The van der Waals surface area contributed by atoms with Crippen molar-refractivity contribution in [2.75, 3.05) is 0 Å². The maximum absolute atomic E-state index is 13.7. The maximum Gasteiger partial charge on any atom is 0.433 e. The van der Waals surface area contributed by atoms with Crippen LogP contribution >= 0.6 is 34.8 Å². The molecule has 0 saturated carbocycles. The summed E-state index contributed by atoms with van der Waals surface area (Å²) in [4.78, 5) is 2.89. The number of hydrogen-bond acceptors (Lipinski definition) is 1. The molecular formula is C12H4Cl3F4N. The lowest BCUT2D eigenvalue weighted by molar-refractivity contribution is -0.141. The van der Waals surface area contributed by atoms with Gasteiger partial charge in [0.05, 0.1) is 15.1 Å². The van der Waals surface area contributed by atoms with E-state index in [-0.39, 0.29) is 26.2 Å². The largest absolute Gasteiger partial charge is 0.433 e. The fourth-order valence-electron chi connectivity index (χ4n) is 1.52. The molecule has 2 rings (SSSR count). The van der Waals surface area contributed by atoms with E-state index in [9.17, 15) is 17.6 Å². The van der Waals surface area contributed by atoms with Gasteiger partial charge in [0.15, 0.2) is 0 Å². The highest BCUT2D eigenvalue weighted by molar-refractivity contribution is 6.48. The van der Waals surface area contributed by atoms with E-state index in [1.807, 2.05) is 0 Å². The molecule has 0 fully saturated rings. The number of rotatable bonds is 1. The number of aromatic nitrogens is 1. The second kappa shape index (κ2) is 5.39. The molecule has 20 heavy (non-hydrogen) atoms. The quantitative estimate of drug-likeness (QED) is 0.358. The summed E-state index contributed by atoms with van der Waals surface area (Å²) in [7, 11) is 0. The zero-order chi connectivity index (χ0) is 15.1. The molecule has 0 unspecified atom stereocenters. The van der Waals surface area contributed by atoms with E-state index >= 15 is 0 Å². The molecule has 0 amide bonds. The van der Waals surface area contributed by atoms with Gasteiger partial charge in [0.1, 0.15) is 5.69 Å². The number of halogens is 7. The standard InChI is InChI=1S/C12H4Cl3F4N/c13-7-3-5(4-8(14)10(7)15)6-1-2-9(12(17,18)19)20-11(6)16/h1-4H. The third-order valence-electron chi connectivity index (χ3n) is 2.43. The SMILES string of the molecule is Fc1nc(C(F)(F)F)ccc1-c1cc(Cl)c(Cl)c(Cl)c1. The normalized spacial score (nSPS) is 11.8. The van der Waals surface area contributed by atoms with Gasteiger partial charge in [-0.05, 0) is 29.8 Å². The van der Waals surface area contributed by atoms with E-state index in [0.29, 0.717) is 6.07 Å². The molecule has 0 aliphatic carbocycles. The molecule has 0 spiro atoms. The lowest BCUT2D eigenvalue weighted by atomic mass is 10.1. The van der Waals surface area contributed by atoms with Crippen LogP contribution in [0.5, 0.6) is 0 Å². The third-order valence-corrected chi connectivity index (χ3v) is 3.63. The minimum Gasteiger partial charge on any atom is -0.215 e. The molecule has 0 N–H and O–H groups in total. The van der Waals surface area contributed by atoms with Crippen LogP contribution in [-0.2, 0) is 6.18 Å². The van der Waals surface area contributed by atoms with E-state index in [1.54, 1.807) is 0 Å². The topological polar surface area (TPSA) is 12.9 Å². The molecule has 0 radical (unpaired) electrons. The van der Waals surface area contributed by atoms with E-state index in [4.69, 9.17) is 34.8 Å². The predicted octanol–water partition coefficient (Wildman–Crippen LogP) is 5.87. The van der Waals surface area contributed by atoms with E-state index in [2.05, 4.69) is 4.98 Å². The Kier molecular flexibility index (Phi) is 4.14. The van der Waals surface area contributed by atoms with Crippen molar-refractivity contribution >= 4 is 34.8 Å². The van der Waals surface area contributed by atoms with Crippen LogP contribution < -0.4 is 0 Å². The highest BCUT2D eigenvalue weighted by Gasteiger charge is 2.33. The van der Waals surface area contributed by atoms with Crippen molar-refractivity contribution in [3.8, 4) is 11.1 Å². The predicted molar refractivity (Wildman–Crippen MR) is 69.7 cm³/mol. The van der Waals surface area contributed by atoms with Gasteiger partial charge >= 0.3 is 6.18 Å². The van der Waals surface area contributed by atoms with Gasteiger partial charge in [0.25, 0.3) is 0 Å². The summed E-state index contributed by atoms with van der Waals surface area (Å²) < 4.78 is 50.9. The Morgan fingerprint density at radius 1 is 0.950 bits per heavy atom. The van der Waals surface area contributed by atoms with Crippen LogP contribution in [-0.4, -0.2) is 4.98 Å². The van der Waals surface area contributed by atoms with Crippen molar-refractivity contribution in [2.24, 2.45) is 0 Å². The molecule has 2 aromatic rings. The second-order valence-electron chi connectivity index (χ2n) is 3.79. The number of benzene rings is 1. The monoisotopic (exact) mass is 343 g/mol. The average Bonchev–Trinajstić information content (AvgIpc) is 2.34. The zero-order valence-electron chi connectivity index (χ0n) is 9.40. The molecule has 0 saturated heterocycles. The van der Waals surface area contributed by atoms with Crippen LogP contribution in [0.15, 0.2) is 24.3 Å². The average molecular weight is 345 g/mol. The van der Waals surface area contributed by atoms with Crippen LogP contribution in [0, 0.1) is 5.95 Å². The van der Waals surface area contributed by atoms with Crippen LogP contribution in [0.25, 0.3) is 11.1 Å². The number of pyridine rings is 1. The summed E-state index contributed by atoms with van der Waals surface area (Å²) in [5, 5.41) is 0.208. The second-order valence-corrected chi connectivity index (χ2v) is 4.98. The van der Waals surface area contributed by atoms with Gasteiger partial charge in [-0.3, -0.25) is 0 Å². The highest BCUT2D eigenvalue weighted by atomic mass is 35.5. The number of alkyl halides is 3. The summed E-state index contributed by atoms with van der Waals surface area (Å²) in [6, 6.07) is 4.22. The molecule has 0 bridgehead atoms. The van der Waals surface area contributed by atoms with Gasteiger partial charge < -0.3 is 0 Å². The van der Waals surface area contributed by atoms with Crippen molar-refractivity contribution in [2.45, 2.75) is 6.18 Å². The van der Waals surface area contributed by atoms with Crippen LogP contribution in [0.2, 0.25) is 15.1 Å². The third kappa shape index (κ3) is 3.00. The molecule has 1 aromatic heterocycles. The highest BCUT2D eigenvalue weighted by Crippen LogP contribution is 2.36. The first-order chi connectivity index (χ1) is 9.20. The summed E-state index contributed by atoms with van der Waals surface area (Å²) in [5.41, 5.74) is -1.29. The van der Waals surface area contributed by atoms with Crippen molar-refractivity contribution in [3.63, 3.8) is 0 Å². The van der Waals surface area contributed by atoms with Crippen molar-refractivity contribution in [1.29, 1.82) is 0 Å². The summed E-state index contributed by atoms with van der Waals surface area (Å²) in [6.07, 6.45) is -4.71. The molecule has 0 aliphatic heterocycles. The Morgan fingerprint density at radius 2 is 1.50 bits per heavy atom. The molecular weight excluding hydrogens is 340 g/mol. The van der Waals surface area contributed by atoms with Crippen molar-refractivity contribution < 1.29 is 17.6 Å². The summed E-state index contributed by atoms with van der Waals surface area (Å²) in [6.45, 7) is 0. The molecule has 0 aliphatic rings. The lowest BCUT2D eigenvalue weighted by Gasteiger charge is -2.09. The van der Waals surface area contributed by atoms with Gasteiger partial charge in [0, 0.05) is 5.56 Å². The minimum atomic E-state index is -4.71. The molecule has 106 valence electrons. The Morgan fingerprint density at radius 3 is 1.95 bits per heavy atom. The summed E-state index contributed by atoms with van der Waals surface area (Å²) >= 11 is 17.3. The molecule has 0 atom stereocenters. The first kappa shape index (κ1) is 15.4. The fourth-order valence-corrected chi connectivity index (χ4v) is 2.11. The van der Waals surface area contributed by atoms with Crippen LogP contribution in [0.4, 0.5) is 17.6 Å². The fraction of sp³-hybridized carbons (Fsp3) is 0.0833. The number of hydrogen-bond donors (Lipinski definition) is 0. The van der Waals surface area contributed by atoms with Gasteiger partial charge in [-0.1, -0.05) is 34.8 Å². The molecule has 1 heterocycles. The maximum atomic E-state index is 13.7. The van der Waals surface area contributed by atoms with E-state index in [0.717, 1.165) is 6.07 Å². The van der Waals surface area contributed by atoms with Crippen LogP contribution in [0.3, 0.4) is 0 Å². The zero-order valence-corrected chi connectivity index (χ0v) is 11.7. The van der Waals surface area contributed by atoms with E-state index < -0.39 is 17.8 Å². The van der Waals surface area contributed by atoms with E-state index in [1.165, 1.54) is 12.1 Å². The van der Waals surface area contributed by atoms with Gasteiger partial charge in [-0.15, -0.1) is 0 Å². The Hall–Kier alpha value is -1.04. The smallest absolute Gasteiger partial charge is 0.215 e. The van der Waals surface area contributed by atoms with Crippen molar-refractivity contribution in [1.82, 2.24) is 4.98 Å². The first-order valence-corrected chi connectivity index (χ1v) is 6.22. The molecule has 1 nitrogen and oxygen atoms in total. The van der Waals surface area contributed by atoms with Gasteiger partial charge in [-0.2, -0.15) is 17.6 Å². The Balaban J connectivity index is 2.54. The Labute approximate surface area is 126 Å².